The molecule has 1 aromatic heterocycles. The van der Waals surface area contributed by atoms with Crippen LogP contribution >= 0.6 is 23.2 Å². The van der Waals surface area contributed by atoms with Gasteiger partial charge in [0.05, 0.1) is 17.6 Å². The molecule has 0 radical (unpaired) electrons. The van der Waals surface area contributed by atoms with Crippen LogP contribution in [0.15, 0.2) is 41.4 Å². The summed E-state index contributed by atoms with van der Waals surface area (Å²) in [6.45, 7) is 2.23. The lowest BCUT2D eigenvalue weighted by Crippen LogP contribution is -2.38. The summed E-state index contributed by atoms with van der Waals surface area (Å²) in [5.41, 5.74) is 13.8. The Bertz CT molecular complexity index is 1240. The quantitative estimate of drug-likeness (QED) is 0.297. The predicted molar refractivity (Wildman–Crippen MR) is 137 cm³/mol. The van der Waals surface area contributed by atoms with Crippen molar-refractivity contribution in [1.82, 2.24) is 15.3 Å². The number of hydrogen-bond acceptors (Lipinski definition) is 5. The van der Waals surface area contributed by atoms with Crippen LogP contribution in [0.1, 0.15) is 47.4 Å². The highest BCUT2D eigenvalue weighted by atomic mass is 35.5. The van der Waals surface area contributed by atoms with Crippen molar-refractivity contribution in [1.29, 1.82) is 0 Å². The van der Waals surface area contributed by atoms with E-state index in [-0.39, 0.29) is 30.4 Å². The van der Waals surface area contributed by atoms with Crippen LogP contribution in [-0.4, -0.2) is 33.9 Å². The number of aryl methyl sites for hydroxylation is 1. The van der Waals surface area contributed by atoms with Crippen molar-refractivity contribution in [3.63, 3.8) is 0 Å². The van der Waals surface area contributed by atoms with E-state index in [4.69, 9.17) is 34.7 Å². The SMILES string of the molecule is Cc1ccc2nc(C(=O)NCc3ccc(Cl)cc3Cl)nc(NC3CCCCC3N=C(N)N)c2c1. The van der Waals surface area contributed by atoms with Gasteiger partial charge in [0.1, 0.15) is 5.82 Å². The minimum Gasteiger partial charge on any atom is -0.370 e. The van der Waals surface area contributed by atoms with Gasteiger partial charge in [0.25, 0.3) is 5.91 Å². The Morgan fingerprint density at radius 1 is 1.12 bits per heavy atom. The van der Waals surface area contributed by atoms with E-state index in [9.17, 15) is 4.79 Å². The van der Waals surface area contributed by atoms with Gasteiger partial charge in [-0.2, -0.15) is 0 Å². The number of anilines is 1. The average Bonchev–Trinajstić information content (AvgIpc) is 2.79. The average molecular weight is 500 g/mol. The highest BCUT2D eigenvalue weighted by Crippen LogP contribution is 2.28. The molecule has 4 rings (SSSR count). The van der Waals surface area contributed by atoms with Gasteiger partial charge in [-0.1, -0.05) is 53.7 Å². The molecule has 1 aliphatic rings. The third-order valence-electron chi connectivity index (χ3n) is 5.88. The molecule has 1 amide bonds. The van der Waals surface area contributed by atoms with Gasteiger partial charge in [-0.3, -0.25) is 4.79 Å². The van der Waals surface area contributed by atoms with E-state index >= 15 is 0 Å². The molecule has 3 aromatic rings. The third kappa shape index (κ3) is 5.69. The summed E-state index contributed by atoms with van der Waals surface area (Å²) < 4.78 is 0. The number of benzene rings is 2. The number of nitrogens with one attached hydrogen (secondary N) is 2. The zero-order chi connectivity index (χ0) is 24.2. The number of nitrogens with zero attached hydrogens (tertiary/aromatic N) is 3. The highest BCUT2D eigenvalue weighted by molar-refractivity contribution is 6.35. The Labute approximate surface area is 208 Å². The first-order valence-corrected chi connectivity index (χ1v) is 11.9. The minimum atomic E-state index is -0.402. The number of fused-ring (bicyclic) bond motifs is 1. The molecule has 1 heterocycles. The molecule has 0 saturated heterocycles. The molecule has 6 N–H and O–H groups in total. The molecule has 2 unspecified atom stereocenters. The highest BCUT2D eigenvalue weighted by Gasteiger charge is 2.26. The molecule has 178 valence electrons. The number of nitrogens with two attached hydrogens (primary N) is 2. The lowest BCUT2D eigenvalue weighted by atomic mass is 9.90. The van der Waals surface area contributed by atoms with E-state index in [1.165, 1.54) is 0 Å². The lowest BCUT2D eigenvalue weighted by molar-refractivity contribution is 0.0941. The number of amides is 1. The molecule has 2 aromatic carbocycles. The van der Waals surface area contributed by atoms with E-state index in [0.29, 0.717) is 21.4 Å². The predicted octanol–water partition coefficient (Wildman–Crippen LogP) is 4.17. The van der Waals surface area contributed by atoms with Crippen LogP contribution in [0.4, 0.5) is 5.82 Å². The molecular weight excluding hydrogens is 473 g/mol. The number of aromatic nitrogens is 2. The van der Waals surface area contributed by atoms with Crippen LogP contribution in [0, 0.1) is 6.92 Å². The summed E-state index contributed by atoms with van der Waals surface area (Å²) in [4.78, 5) is 26.5. The fraction of sp³-hybridized carbons (Fsp3) is 0.333. The molecular formula is C24H27Cl2N7O. The summed E-state index contributed by atoms with van der Waals surface area (Å²) in [6.07, 6.45) is 3.90. The maximum atomic E-state index is 13.0. The number of carbonyl (C=O) groups excluding carboxylic acids is 1. The third-order valence-corrected chi connectivity index (χ3v) is 6.46. The van der Waals surface area contributed by atoms with Crippen LogP contribution in [0.3, 0.4) is 0 Å². The molecule has 0 bridgehead atoms. The second-order valence-corrected chi connectivity index (χ2v) is 9.34. The minimum absolute atomic E-state index is 0.00162. The maximum Gasteiger partial charge on any atom is 0.289 e. The van der Waals surface area contributed by atoms with Gasteiger partial charge in [-0.05, 0) is 49.6 Å². The normalized spacial score (nSPS) is 17.9. The molecule has 34 heavy (non-hydrogen) atoms. The van der Waals surface area contributed by atoms with Gasteiger partial charge < -0.3 is 22.1 Å². The van der Waals surface area contributed by atoms with Gasteiger partial charge in [-0.25, -0.2) is 15.0 Å². The van der Waals surface area contributed by atoms with E-state index in [2.05, 4.69) is 25.6 Å². The molecule has 0 aliphatic heterocycles. The summed E-state index contributed by atoms with van der Waals surface area (Å²) >= 11 is 12.2. The summed E-state index contributed by atoms with van der Waals surface area (Å²) in [5, 5.41) is 8.20. The topological polar surface area (TPSA) is 131 Å². The number of halogens is 2. The number of guanidine groups is 1. The van der Waals surface area contributed by atoms with Crippen LogP contribution in [0.5, 0.6) is 0 Å². The zero-order valence-corrected chi connectivity index (χ0v) is 20.3. The van der Waals surface area contributed by atoms with E-state index in [1.54, 1.807) is 18.2 Å². The van der Waals surface area contributed by atoms with Crippen LogP contribution in [0.2, 0.25) is 10.0 Å². The Balaban J connectivity index is 1.62. The van der Waals surface area contributed by atoms with Gasteiger partial charge >= 0.3 is 0 Å². The Kier molecular flexibility index (Phi) is 7.38. The molecule has 8 nitrogen and oxygen atoms in total. The van der Waals surface area contributed by atoms with Gasteiger partial charge in [-0.15, -0.1) is 0 Å². The standard InChI is InChI=1S/C24H27Cl2N7O/c1-13-6-9-18-16(10-13)21(31-19-4-2-3-5-20(19)32-24(27)28)33-22(30-18)23(34)29-12-14-7-8-15(25)11-17(14)26/h6-11,19-20H,2-5,12H2,1H3,(H,29,34)(H4,27,28,32)(H,30,31,33). The van der Waals surface area contributed by atoms with E-state index in [0.717, 1.165) is 42.2 Å². The van der Waals surface area contributed by atoms with Crippen LogP contribution in [-0.2, 0) is 6.54 Å². The fourth-order valence-corrected chi connectivity index (χ4v) is 4.65. The number of rotatable bonds is 6. The molecule has 1 fully saturated rings. The summed E-state index contributed by atoms with van der Waals surface area (Å²) in [6, 6.07) is 10.9. The second kappa shape index (κ2) is 10.4. The van der Waals surface area contributed by atoms with Crippen molar-refractivity contribution < 1.29 is 4.79 Å². The van der Waals surface area contributed by atoms with Crippen molar-refractivity contribution >= 4 is 51.8 Å². The molecule has 2 atom stereocenters. The number of carbonyl (C=O) groups is 1. The Morgan fingerprint density at radius 3 is 2.68 bits per heavy atom. The Hall–Kier alpha value is -3.10. The van der Waals surface area contributed by atoms with E-state index in [1.807, 2.05) is 25.1 Å². The molecule has 10 heteroatoms. The molecule has 1 saturated carbocycles. The van der Waals surface area contributed by atoms with Crippen LogP contribution in [0.25, 0.3) is 10.9 Å². The maximum absolute atomic E-state index is 13.0. The van der Waals surface area contributed by atoms with E-state index < -0.39 is 5.91 Å². The van der Waals surface area contributed by atoms with Crippen molar-refractivity contribution in [2.24, 2.45) is 16.5 Å². The first-order chi connectivity index (χ1) is 16.3. The smallest absolute Gasteiger partial charge is 0.289 e. The monoisotopic (exact) mass is 499 g/mol. The largest absolute Gasteiger partial charge is 0.370 e. The van der Waals surface area contributed by atoms with Crippen LogP contribution < -0.4 is 22.1 Å². The van der Waals surface area contributed by atoms with Crippen molar-refractivity contribution in [3.8, 4) is 0 Å². The zero-order valence-electron chi connectivity index (χ0n) is 18.8. The van der Waals surface area contributed by atoms with Crippen molar-refractivity contribution in [2.45, 2.75) is 51.2 Å². The summed E-state index contributed by atoms with van der Waals surface area (Å²) in [5.74, 6) is 0.327. The first kappa shape index (κ1) is 24.0. The molecule has 0 spiro atoms. The fourth-order valence-electron chi connectivity index (χ4n) is 4.17. The van der Waals surface area contributed by atoms with Crippen molar-refractivity contribution in [3.05, 3.63) is 63.4 Å². The second-order valence-electron chi connectivity index (χ2n) is 8.49. The number of aliphatic imine (C=N–C) groups is 1. The van der Waals surface area contributed by atoms with Crippen molar-refractivity contribution in [2.75, 3.05) is 5.32 Å². The van der Waals surface area contributed by atoms with Gasteiger partial charge in [0.15, 0.2) is 5.96 Å². The number of hydrogen-bond donors (Lipinski definition) is 4. The lowest BCUT2D eigenvalue weighted by Gasteiger charge is -2.30. The Morgan fingerprint density at radius 2 is 1.91 bits per heavy atom. The first-order valence-electron chi connectivity index (χ1n) is 11.2. The summed E-state index contributed by atoms with van der Waals surface area (Å²) in [7, 11) is 0. The van der Waals surface area contributed by atoms with Gasteiger partial charge in [0.2, 0.25) is 5.82 Å². The molecule has 1 aliphatic carbocycles. The van der Waals surface area contributed by atoms with Gasteiger partial charge in [0, 0.05) is 22.0 Å².